The number of rotatable bonds is 1. The highest BCUT2D eigenvalue weighted by atomic mass is 35.5. The molecule has 0 aliphatic carbocycles. The van der Waals surface area contributed by atoms with Gasteiger partial charge >= 0.3 is 5.97 Å². The van der Waals surface area contributed by atoms with Crippen LogP contribution in [0.15, 0.2) is 12.1 Å². The van der Waals surface area contributed by atoms with Gasteiger partial charge in [-0.2, -0.15) is 0 Å². The molecule has 2 nitrogen and oxygen atoms in total. The van der Waals surface area contributed by atoms with Crippen molar-refractivity contribution in [3.63, 3.8) is 0 Å². The number of benzene rings is 1. The molecule has 0 amide bonds. The van der Waals surface area contributed by atoms with Crippen LogP contribution in [0.4, 0.5) is 4.39 Å². The van der Waals surface area contributed by atoms with Crippen LogP contribution in [0.1, 0.15) is 15.9 Å². The molecule has 0 saturated heterocycles. The van der Waals surface area contributed by atoms with Gasteiger partial charge < -0.3 is 5.11 Å². The number of hydrogen-bond acceptors (Lipinski definition) is 1. The molecule has 0 fully saturated rings. The second kappa shape index (κ2) is 3.11. The van der Waals surface area contributed by atoms with Gasteiger partial charge in [0.25, 0.3) is 0 Å². The Morgan fingerprint density at radius 2 is 2.17 bits per heavy atom. The number of aryl methyl sites for hydroxylation is 1. The highest BCUT2D eigenvalue weighted by Crippen LogP contribution is 2.19. The SMILES string of the molecule is Cc1cc(Cl)cc(F)c1C(=O)O. The van der Waals surface area contributed by atoms with E-state index in [1.165, 1.54) is 13.0 Å². The van der Waals surface area contributed by atoms with Crippen LogP contribution < -0.4 is 0 Å². The molecule has 0 spiro atoms. The van der Waals surface area contributed by atoms with Crippen LogP contribution in [0.3, 0.4) is 0 Å². The third-order valence-corrected chi connectivity index (χ3v) is 1.68. The summed E-state index contributed by atoms with van der Waals surface area (Å²) >= 11 is 5.49. The van der Waals surface area contributed by atoms with Crippen LogP contribution >= 0.6 is 11.6 Å². The van der Waals surface area contributed by atoms with Crippen molar-refractivity contribution in [2.24, 2.45) is 0 Å². The molecule has 1 rings (SSSR count). The second-order valence-electron chi connectivity index (χ2n) is 2.38. The zero-order valence-electron chi connectivity index (χ0n) is 6.27. The van der Waals surface area contributed by atoms with Gasteiger partial charge in [0, 0.05) is 5.02 Å². The molecule has 0 atom stereocenters. The molecule has 4 heteroatoms. The van der Waals surface area contributed by atoms with Gasteiger partial charge in [-0.25, -0.2) is 9.18 Å². The van der Waals surface area contributed by atoms with Crippen molar-refractivity contribution < 1.29 is 14.3 Å². The molecule has 0 unspecified atom stereocenters. The Morgan fingerprint density at radius 3 is 2.58 bits per heavy atom. The summed E-state index contributed by atoms with van der Waals surface area (Å²) in [4.78, 5) is 10.5. The predicted molar refractivity (Wildman–Crippen MR) is 43.1 cm³/mol. The largest absolute Gasteiger partial charge is 0.478 e. The first-order chi connectivity index (χ1) is 5.52. The van der Waals surface area contributed by atoms with Gasteiger partial charge in [-0.15, -0.1) is 0 Å². The lowest BCUT2D eigenvalue weighted by molar-refractivity contribution is 0.0691. The van der Waals surface area contributed by atoms with Crippen LogP contribution in [0.2, 0.25) is 5.02 Å². The Balaban J connectivity index is 3.38. The average molecular weight is 189 g/mol. The third kappa shape index (κ3) is 1.56. The third-order valence-electron chi connectivity index (χ3n) is 1.47. The summed E-state index contributed by atoms with van der Waals surface area (Å²) in [6.45, 7) is 1.50. The molecule has 0 saturated carbocycles. The minimum absolute atomic E-state index is 0.204. The van der Waals surface area contributed by atoms with Gasteiger partial charge in [-0.1, -0.05) is 11.6 Å². The molecule has 0 aliphatic rings. The van der Waals surface area contributed by atoms with Crippen LogP contribution in [-0.4, -0.2) is 11.1 Å². The van der Waals surface area contributed by atoms with E-state index in [-0.39, 0.29) is 10.6 Å². The quantitative estimate of drug-likeness (QED) is 0.735. The highest BCUT2D eigenvalue weighted by molar-refractivity contribution is 6.30. The Kier molecular flexibility index (Phi) is 2.33. The van der Waals surface area contributed by atoms with Crippen molar-refractivity contribution in [1.82, 2.24) is 0 Å². The molecule has 0 radical (unpaired) electrons. The lowest BCUT2D eigenvalue weighted by Crippen LogP contribution is -2.03. The monoisotopic (exact) mass is 188 g/mol. The smallest absolute Gasteiger partial charge is 0.338 e. The topological polar surface area (TPSA) is 37.3 Å². The number of carboxylic acid groups (broad SMARTS) is 1. The van der Waals surface area contributed by atoms with Crippen molar-refractivity contribution in [3.8, 4) is 0 Å². The zero-order valence-corrected chi connectivity index (χ0v) is 7.02. The fourth-order valence-electron chi connectivity index (χ4n) is 0.973. The van der Waals surface area contributed by atoms with E-state index in [2.05, 4.69) is 0 Å². The summed E-state index contributed by atoms with van der Waals surface area (Å²) in [5.41, 5.74) is 0.00639. The standard InChI is InChI=1S/C8H6ClFO2/c1-4-2-5(9)3-6(10)7(4)8(11)12/h2-3H,1H3,(H,11,12). The summed E-state index contributed by atoms with van der Waals surface area (Å²) in [6.07, 6.45) is 0. The first-order valence-electron chi connectivity index (χ1n) is 3.21. The van der Waals surface area contributed by atoms with Gasteiger partial charge in [0.2, 0.25) is 0 Å². The van der Waals surface area contributed by atoms with Crippen molar-refractivity contribution >= 4 is 17.6 Å². The Hall–Kier alpha value is -1.09. The molecular weight excluding hydrogens is 183 g/mol. The van der Waals surface area contributed by atoms with E-state index < -0.39 is 11.8 Å². The summed E-state index contributed by atoms with van der Waals surface area (Å²) in [5.74, 6) is -2.07. The molecule has 64 valence electrons. The summed E-state index contributed by atoms with van der Waals surface area (Å²) in [5, 5.41) is 8.76. The van der Waals surface area contributed by atoms with Crippen molar-refractivity contribution in [2.75, 3.05) is 0 Å². The second-order valence-corrected chi connectivity index (χ2v) is 2.82. The van der Waals surface area contributed by atoms with E-state index in [9.17, 15) is 9.18 Å². The van der Waals surface area contributed by atoms with E-state index in [4.69, 9.17) is 16.7 Å². The van der Waals surface area contributed by atoms with Crippen LogP contribution in [0.25, 0.3) is 0 Å². The first-order valence-corrected chi connectivity index (χ1v) is 3.59. The van der Waals surface area contributed by atoms with E-state index in [1.54, 1.807) is 0 Å². The molecule has 0 aliphatic heterocycles. The van der Waals surface area contributed by atoms with Crippen molar-refractivity contribution in [3.05, 3.63) is 34.1 Å². The van der Waals surface area contributed by atoms with Crippen molar-refractivity contribution in [2.45, 2.75) is 6.92 Å². The molecule has 1 N–H and O–H groups in total. The van der Waals surface area contributed by atoms with Gasteiger partial charge in [0.15, 0.2) is 0 Å². The lowest BCUT2D eigenvalue weighted by Gasteiger charge is -2.01. The van der Waals surface area contributed by atoms with Crippen LogP contribution in [0, 0.1) is 12.7 Å². The lowest BCUT2D eigenvalue weighted by atomic mass is 10.1. The number of hydrogen-bond donors (Lipinski definition) is 1. The van der Waals surface area contributed by atoms with Gasteiger partial charge in [0.1, 0.15) is 5.82 Å². The number of aromatic carboxylic acids is 1. The fourth-order valence-corrected chi connectivity index (χ4v) is 1.23. The average Bonchev–Trinajstić information content (AvgIpc) is 1.82. The summed E-state index contributed by atoms with van der Waals surface area (Å²) in [7, 11) is 0. The normalized spacial score (nSPS) is 9.92. The predicted octanol–water partition coefficient (Wildman–Crippen LogP) is 2.49. The molecule has 0 aromatic heterocycles. The van der Waals surface area contributed by atoms with E-state index in [0.717, 1.165) is 6.07 Å². The van der Waals surface area contributed by atoms with E-state index >= 15 is 0 Å². The maximum atomic E-state index is 12.9. The van der Waals surface area contributed by atoms with Crippen LogP contribution in [-0.2, 0) is 0 Å². The highest BCUT2D eigenvalue weighted by Gasteiger charge is 2.13. The maximum Gasteiger partial charge on any atom is 0.338 e. The molecule has 0 bridgehead atoms. The number of carbonyl (C=O) groups is 1. The first kappa shape index (κ1) is 9.00. The fraction of sp³-hybridized carbons (Fsp3) is 0.125. The Morgan fingerprint density at radius 1 is 1.58 bits per heavy atom. The van der Waals surface area contributed by atoms with Crippen molar-refractivity contribution in [1.29, 1.82) is 0 Å². The number of carboxylic acids is 1. The molecule has 12 heavy (non-hydrogen) atoms. The molecule has 1 aromatic carbocycles. The van der Waals surface area contributed by atoms with Gasteiger partial charge in [-0.05, 0) is 24.6 Å². The summed E-state index contributed by atoms with van der Waals surface area (Å²) in [6, 6.07) is 2.39. The summed E-state index contributed by atoms with van der Waals surface area (Å²) < 4.78 is 12.9. The van der Waals surface area contributed by atoms with Gasteiger partial charge in [0.05, 0.1) is 5.56 Å². The minimum Gasteiger partial charge on any atom is -0.478 e. The Bertz CT molecular complexity index is 313. The Labute approximate surface area is 73.6 Å². The minimum atomic E-state index is -1.28. The number of halogens is 2. The molecule has 0 heterocycles. The van der Waals surface area contributed by atoms with E-state index in [1.807, 2.05) is 0 Å². The van der Waals surface area contributed by atoms with Gasteiger partial charge in [-0.3, -0.25) is 0 Å². The zero-order chi connectivity index (χ0) is 9.30. The van der Waals surface area contributed by atoms with Crippen LogP contribution in [0.5, 0.6) is 0 Å². The van der Waals surface area contributed by atoms with E-state index in [0.29, 0.717) is 5.56 Å². The maximum absolute atomic E-state index is 12.9. The molecular formula is C8H6ClFO2. The molecule has 1 aromatic rings.